The van der Waals surface area contributed by atoms with E-state index in [0.29, 0.717) is 11.5 Å². The van der Waals surface area contributed by atoms with Crippen LogP contribution in [-0.4, -0.2) is 35.9 Å². The molecule has 2 heterocycles. The van der Waals surface area contributed by atoms with Crippen molar-refractivity contribution in [3.63, 3.8) is 0 Å². The quantitative estimate of drug-likeness (QED) is 0.665. The van der Waals surface area contributed by atoms with Crippen LogP contribution in [0.4, 0.5) is 11.5 Å². The summed E-state index contributed by atoms with van der Waals surface area (Å²) in [6.45, 7) is 0. The maximum atomic E-state index is 11.6. The van der Waals surface area contributed by atoms with Gasteiger partial charge in [-0.15, -0.1) is 0 Å². The van der Waals surface area contributed by atoms with Gasteiger partial charge in [-0.1, -0.05) is 5.92 Å². The number of nitrogens with zero attached hydrogens (tertiary/aromatic N) is 2. The van der Waals surface area contributed by atoms with Gasteiger partial charge in [0.25, 0.3) is 0 Å². The molecule has 2 N–H and O–H groups in total. The zero-order valence-electron chi connectivity index (χ0n) is 15.3. The van der Waals surface area contributed by atoms with E-state index in [1.54, 1.807) is 36.7 Å². The van der Waals surface area contributed by atoms with Crippen LogP contribution in [0.2, 0.25) is 0 Å². The van der Waals surface area contributed by atoms with Crippen molar-refractivity contribution in [3.05, 3.63) is 54.5 Å². The highest BCUT2D eigenvalue weighted by Gasteiger charge is 2.25. The van der Waals surface area contributed by atoms with Crippen LogP contribution in [-0.2, 0) is 9.84 Å². The Balaban J connectivity index is 1.61. The zero-order chi connectivity index (χ0) is 19.7. The van der Waals surface area contributed by atoms with Crippen LogP contribution >= 0.6 is 0 Å². The average Bonchev–Trinajstić information content (AvgIpc) is 2.64. The van der Waals surface area contributed by atoms with Crippen LogP contribution in [0.1, 0.15) is 18.5 Å². The van der Waals surface area contributed by atoms with Crippen LogP contribution in [0, 0.1) is 17.8 Å². The Morgan fingerprint density at radius 2 is 1.89 bits per heavy atom. The molecule has 28 heavy (non-hydrogen) atoms. The number of aromatic nitrogens is 2. The number of hydrogen-bond donors (Lipinski definition) is 2. The number of rotatable bonds is 3. The lowest BCUT2D eigenvalue weighted by Gasteiger charge is -2.26. The first-order valence-electron chi connectivity index (χ1n) is 8.90. The molecule has 0 aliphatic heterocycles. The zero-order valence-corrected chi connectivity index (χ0v) is 16.1. The summed E-state index contributed by atoms with van der Waals surface area (Å²) in [6, 6.07) is 10.3. The molecule has 1 aliphatic rings. The minimum atomic E-state index is -3.22. The second-order valence-electron chi connectivity index (χ2n) is 6.96. The summed E-state index contributed by atoms with van der Waals surface area (Å²) in [5, 5.41) is 14.4. The molecule has 1 fully saturated rings. The van der Waals surface area contributed by atoms with Crippen LogP contribution < -0.4 is 5.32 Å². The Morgan fingerprint density at radius 1 is 1.14 bits per heavy atom. The van der Waals surface area contributed by atoms with Crippen molar-refractivity contribution < 1.29 is 13.5 Å². The van der Waals surface area contributed by atoms with E-state index in [-0.39, 0.29) is 16.9 Å². The van der Waals surface area contributed by atoms with Gasteiger partial charge in [-0.2, -0.15) is 0 Å². The average molecular weight is 393 g/mol. The van der Waals surface area contributed by atoms with Gasteiger partial charge >= 0.3 is 0 Å². The molecule has 4 rings (SSSR count). The van der Waals surface area contributed by atoms with Gasteiger partial charge < -0.3 is 10.4 Å². The summed E-state index contributed by atoms with van der Waals surface area (Å²) in [5.74, 6) is 7.15. The number of aliphatic hydroxyl groups excluding tert-OH is 1. The molecule has 1 aromatic carbocycles. The normalized spacial score (nSPS) is 18.8. The fraction of sp³-hybridized carbons (Fsp3) is 0.238. The maximum absolute atomic E-state index is 11.6. The number of sulfone groups is 1. The number of nitrogens with one attached hydrogen (secondary N) is 1. The van der Waals surface area contributed by atoms with Crippen molar-refractivity contribution in [2.24, 2.45) is 5.92 Å². The van der Waals surface area contributed by atoms with Crippen molar-refractivity contribution >= 4 is 32.1 Å². The van der Waals surface area contributed by atoms with E-state index in [2.05, 4.69) is 27.1 Å². The van der Waals surface area contributed by atoms with Crippen molar-refractivity contribution in [1.29, 1.82) is 0 Å². The number of fused-ring (bicyclic) bond motifs is 1. The SMILES string of the molecule is CS(=O)(=O)c1ccc(Nc2cc3c(C#CC4CC(O)C4)nccc3cn2)cc1. The van der Waals surface area contributed by atoms with Crippen LogP contribution in [0.25, 0.3) is 10.8 Å². The molecule has 1 saturated carbocycles. The minimum Gasteiger partial charge on any atom is -0.393 e. The second-order valence-corrected chi connectivity index (χ2v) is 8.98. The molecule has 0 atom stereocenters. The first kappa shape index (κ1) is 18.4. The fourth-order valence-electron chi connectivity index (χ4n) is 3.04. The monoisotopic (exact) mass is 393 g/mol. The molecule has 3 aromatic rings. The number of anilines is 2. The molecule has 7 heteroatoms. The maximum Gasteiger partial charge on any atom is 0.175 e. The number of pyridine rings is 2. The summed E-state index contributed by atoms with van der Waals surface area (Å²) >= 11 is 0. The fourth-order valence-corrected chi connectivity index (χ4v) is 3.67. The molecule has 0 amide bonds. The van der Waals surface area contributed by atoms with Crippen molar-refractivity contribution in [2.45, 2.75) is 23.8 Å². The molecule has 0 saturated heterocycles. The molecular formula is C21H19N3O3S. The lowest BCUT2D eigenvalue weighted by molar-refractivity contribution is 0.0665. The minimum absolute atomic E-state index is 0.222. The molecule has 6 nitrogen and oxygen atoms in total. The van der Waals surface area contributed by atoms with E-state index in [9.17, 15) is 13.5 Å². The van der Waals surface area contributed by atoms with E-state index in [4.69, 9.17) is 0 Å². The van der Waals surface area contributed by atoms with Gasteiger partial charge in [0.1, 0.15) is 11.5 Å². The van der Waals surface area contributed by atoms with Gasteiger partial charge in [-0.25, -0.2) is 18.4 Å². The van der Waals surface area contributed by atoms with Gasteiger partial charge in [-0.05, 0) is 55.2 Å². The third-order valence-electron chi connectivity index (χ3n) is 4.71. The third kappa shape index (κ3) is 3.98. The molecule has 142 valence electrons. The third-order valence-corrected chi connectivity index (χ3v) is 5.84. The second kappa shape index (κ2) is 7.23. The Morgan fingerprint density at radius 3 is 2.57 bits per heavy atom. The van der Waals surface area contributed by atoms with Gasteiger partial charge in [0.2, 0.25) is 0 Å². The smallest absolute Gasteiger partial charge is 0.175 e. The van der Waals surface area contributed by atoms with Crippen molar-refractivity contribution in [2.75, 3.05) is 11.6 Å². The summed E-state index contributed by atoms with van der Waals surface area (Å²) in [6.07, 6.45) is 5.85. The van der Waals surface area contributed by atoms with E-state index >= 15 is 0 Å². The highest BCUT2D eigenvalue weighted by molar-refractivity contribution is 7.90. The summed E-state index contributed by atoms with van der Waals surface area (Å²) in [5.41, 5.74) is 1.41. The Hall–Kier alpha value is -2.95. The van der Waals surface area contributed by atoms with Gasteiger partial charge in [0.05, 0.1) is 11.0 Å². The van der Waals surface area contributed by atoms with Crippen LogP contribution in [0.15, 0.2) is 53.7 Å². The summed E-state index contributed by atoms with van der Waals surface area (Å²) in [7, 11) is -3.22. The van der Waals surface area contributed by atoms with Gasteiger partial charge in [0.15, 0.2) is 9.84 Å². The lowest BCUT2D eigenvalue weighted by atomic mass is 9.83. The van der Waals surface area contributed by atoms with E-state index in [1.165, 1.54) is 6.26 Å². The standard InChI is InChI=1S/C21H19N3O3S/c1-28(26,27)18-5-3-16(4-6-18)24-21-12-19-15(13-23-21)8-9-22-20(19)7-2-14-10-17(25)11-14/h3-6,8-9,12-14,17,25H,10-11H2,1H3,(H,23,24). The number of aliphatic hydroxyl groups is 1. The summed E-state index contributed by atoms with van der Waals surface area (Å²) < 4.78 is 23.1. The van der Waals surface area contributed by atoms with Gasteiger partial charge in [0, 0.05) is 41.0 Å². The molecule has 1 aliphatic carbocycles. The van der Waals surface area contributed by atoms with E-state index in [1.807, 2.05) is 12.1 Å². The van der Waals surface area contributed by atoms with E-state index in [0.717, 1.165) is 29.3 Å². The Bertz CT molecular complexity index is 1190. The molecule has 0 bridgehead atoms. The first-order valence-corrected chi connectivity index (χ1v) is 10.8. The summed E-state index contributed by atoms with van der Waals surface area (Å²) in [4.78, 5) is 9.06. The lowest BCUT2D eigenvalue weighted by Crippen LogP contribution is -2.26. The first-order chi connectivity index (χ1) is 13.4. The highest BCUT2D eigenvalue weighted by atomic mass is 32.2. The van der Waals surface area contributed by atoms with Crippen molar-refractivity contribution in [3.8, 4) is 11.8 Å². The molecule has 0 spiro atoms. The molecule has 0 unspecified atom stereocenters. The topological polar surface area (TPSA) is 92.2 Å². The highest BCUT2D eigenvalue weighted by Crippen LogP contribution is 2.27. The van der Waals surface area contributed by atoms with Gasteiger partial charge in [-0.3, -0.25) is 0 Å². The Kier molecular flexibility index (Phi) is 4.75. The molecule has 0 radical (unpaired) electrons. The van der Waals surface area contributed by atoms with E-state index < -0.39 is 9.84 Å². The molecular weight excluding hydrogens is 374 g/mol. The van der Waals surface area contributed by atoms with Crippen molar-refractivity contribution in [1.82, 2.24) is 9.97 Å². The Labute approximate surface area is 163 Å². The number of hydrogen-bond acceptors (Lipinski definition) is 6. The predicted octanol–water partition coefficient (Wildman–Crippen LogP) is 2.90. The van der Waals surface area contributed by atoms with Crippen LogP contribution in [0.3, 0.4) is 0 Å². The van der Waals surface area contributed by atoms with Crippen LogP contribution in [0.5, 0.6) is 0 Å². The largest absolute Gasteiger partial charge is 0.393 e. The number of benzene rings is 1. The predicted molar refractivity (Wildman–Crippen MR) is 108 cm³/mol. The molecule has 2 aromatic heterocycles.